The highest BCUT2D eigenvalue weighted by atomic mass is 16.5. The lowest BCUT2D eigenvalue weighted by Gasteiger charge is -1.98. The number of hydrogen-bond donors (Lipinski definition) is 1. The largest absolute Gasteiger partial charge is 0.376 e. The zero-order valence-electron chi connectivity index (χ0n) is 4.87. The number of rotatable bonds is 3. The Morgan fingerprint density at radius 1 is 1.78 bits per heavy atom. The van der Waals surface area contributed by atoms with Crippen molar-refractivity contribution >= 4 is 0 Å². The zero-order valence-corrected chi connectivity index (χ0v) is 4.87. The van der Waals surface area contributed by atoms with E-state index in [4.69, 9.17) is 16.8 Å². The van der Waals surface area contributed by atoms with Crippen LogP contribution in [0.2, 0.25) is 0 Å². The molecule has 0 fully saturated rings. The summed E-state index contributed by atoms with van der Waals surface area (Å²) in [6.45, 7) is 0.124. The summed E-state index contributed by atoms with van der Waals surface area (Å²) in [5, 5.41) is 16.5. The summed E-state index contributed by atoms with van der Waals surface area (Å²) in [5.41, 5.74) is 0. The molecule has 0 aliphatic heterocycles. The second-order valence-electron chi connectivity index (χ2n) is 1.36. The van der Waals surface area contributed by atoms with Gasteiger partial charge in [0.1, 0.15) is 6.61 Å². The maximum Gasteiger partial charge on any atom is 0.163 e. The second-order valence-corrected chi connectivity index (χ2v) is 1.36. The van der Waals surface area contributed by atoms with Crippen LogP contribution in [0, 0.1) is 23.7 Å². The van der Waals surface area contributed by atoms with E-state index in [0.717, 1.165) is 0 Å². The molecule has 0 heterocycles. The van der Waals surface area contributed by atoms with Crippen molar-refractivity contribution in [3.05, 3.63) is 0 Å². The SMILES string of the molecule is C#CCOCC(O)C#N. The Hall–Kier alpha value is -1.03. The molecule has 48 valence electrons. The molecule has 0 amide bonds. The molecule has 0 radical (unpaired) electrons. The van der Waals surface area contributed by atoms with Crippen LogP contribution in [0.15, 0.2) is 0 Å². The van der Waals surface area contributed by atoms with Crippen LogP contribution in [0.3, 0.4) is 0 Å². The van der Waals surface area contributed by atoms with Crippen molar-refractivity contribution in [1.82, 2.24) is 0 Å². The molecule has 1 unspecified atom stereocenters. The second kappa shape index (κ2) is 5.11. The molecular weight excluding hydrogens is 118 g/mol. The van der Waals surface area contributed by atoms with E-state index in [1.54, 1.807) is 6.07 Å². The first-order chi connectivity index (χ1) is 4.31. The summed E-state index contributed by atoms with van der Waals surface area (Å²) in [6, 6.07) is 1.59. The first kappa shape index (κ1) is 7.97. The van der Waals surface area contributed by atoms with Gasteiger partial charge in [0.25, 0.3) is 0 Å². The van der Waals surface area contributed by atoms with E-state index in [9.17, 15) is 0 Å². The van der Waals surface area contributed by atoms with Crippen molar-refractivity contribution in [2.75, 3.05) is 13.2 Å². The average Bonchev–Trinajstić information content (AvgIpc) is 1.89. The van der Waals surface area contributed by atoms with Crippen molar-refractivity contribution in [3.8, 4) is 18.4 Å². The summed E-state index contributed by atoms with van der Waals surface area (Å²) in [7, 11) is 0. The van der Waals surface area contributed by atoms with Crippen LogP contribution >= 0.6 is 0 Å². The Bertz CT molecular complexity index is 142. The predicted molar refractivity (Wildman–Crippen MR) is 31.3 cm³/mol. The number of terminal acetylenes is 1. The minimum absolute atomic E-state index is 0.0132. The van der Waals surface area contributed by atoms with Gasteiger partial charge in [-0.2, -0.15) is 5.26 Å². The quantitative estimate of drug-likeness (QED) is 0.315. The summed E-state index contributed by atoms with van der Waals surface area (Å²) in [5.74, 6) is 2.20. The van der Waals surface area contributed by atoms with Crippen molar-refractivity contribution in [2.24, 2.45) is 0 Å². The molecule has 9 heavy (non-hydrogen) atoms. The molecule has 3 heteroatoms. The number of nitrogens with zero attached hydrogens (tertiary/aromatic N) is 1. The molecule has 0 aromatic rings. The Morgan fingerprint density at radius 2 is 2.44 bits per heavy atom. The smallest absolute Gasteiger partial charge is 0.163 e. The third-order valence-corrected chi connectivity index (χ3v) is 0.610. The fourth-order valence-electron chi connectivity index (χ4n) is 0.267. The molecule has 0 spiro atoms. The minimum Gasteiger partial charge on any atom is -0.376 e. The van der Waals surface area contributed by atoms with E-state index < -0.39 is 6.10 Å². The van der Waals surface area contributed by atoms with Crippen LogP contribution in [-0.2, 0) is 4.74 Å². The highest BCUT2D eigenvalue weighted by Gasteiger charge is 1.97. The van der Waals surface area contributed by atoms with Gasteiger partial charge in [-0.3, -0.25) is 0 Å². The molecule has 0 aromatic carbocycles. The zero-order chi connectivity index (χ0) is 7.11. The van der Waals surface area contributed by atoms with Gasteiger partial charge in [0.2, 0.25) is 0 Å². The lowest BCUT2D eigenvalue weighted by Crippen LogP contribution is -2.12. The van der Waals surface area contributed by atoms with Gasteiger partial charge in [0.15, 0.2) is 6.10 Å². The van der Waals surface area contributed by atoms with Gasteiger partial charge in [-0.05, 0) is 0 Å². The third kappa shape index (κ3) is 4.83. The Balaban J connectivity index is 3.12. The summed E-state index contributed by atoms with van der Waals surface area (Å²) < 4.78 is 4.63. The third-order valence-electron chi connectivity index (χ3n) is 0.610. The van der Waals surface area contributed by atoms with Gasteiger partial charge in [-0.25, -0.2) is 0 Å². The van der Waals surface area contributed by atoms with Crippen LogP contribution < -0.4 is 0 Å². The fraction of sp³-hybridized carbons (Fsp3) is 0.500. The van der Waals surface area contributed by atoms with Crippen LogP contribution in [0.1, 0.15) is 0 Å². The van der Waals surface area contributed by atoms with Gasteiger partial charge in [-0.15, -0.1) is 6.42 Å². The van der Waals surface area contributed by atoms with E-state index in [2.05, 4.69) is 10.7 Å². The number of aliphatic hydroxyl groups excluding tert-OH is 1. The Morgan fingerprint density at radius 3 is 2.89 bits per heavy atom. The number of aliphatic hydroxyl groups is 1. The maximum absolute atomic E-state index is 8.53. The van der Waals surface area contributed by atoms with E-state index in [1.165, 1.54) is 0 Å². The summed E-state index contributed by atoms with van der Waals surface area (Å²) in [6.07, 6.45) is 3.76. The standard InChI is InChI=1S/C6H7NO2/c1-2-3-9-5-6(8)4-7/h1,6,8H,3,5H2. The van der Waals surface area contributed by atoms with Gasteiger partial charge < -0.3 is 9.84 Å². The predicted octanol–water partition coefficient (Wildman–Crippen LogP) is -0.479. The maximum atomic E-state index is 8.53. The molecule has 0 aliphatic rings. The summed E-state index contributed by atoms with van der Waals surface area (Å²) in [4.78, 5) is 0. The number of ether oxygens (including phenoxy) is 1. The van der Waals surface area contributed by atoms with Gasteiger partial charge >= 0.3 is 0 Å². The van der Waals surface area contributed by atoms with E-state index in [-0.39, 0.29) is 13.2 Å². The first-order valence-electron chi connectivity index (χ1n) is 2.40. The average molecular weight is 125 g/mol. The number of hydrogen-bond acceptors (Lipinski definition) is 3. The van der Waals surface area contributed by atoms with Crippen LogP contribution in [-0.4, -0.2) is 24.4 Å². The molecule has 0 bridgehead atoms. The van der Waals surface area contributed by atoms with Gasteiger partial charge in [0.05, 0.1) is 12.7 Å². The highest BCUT2D eigenvalue weighted by Crippen LogP contribution is 1.80. The fourth-order valence-corrected chi connectivity index (χ4v) is 0.267. The Labute approximate surface area is 53.9 Å². The van der Waals surface area contributed by atoms with Crippen LogP contribution in [0.25, 0.3) is 0 Å². The monoisotopic (exact) mass is 125 g/mol. The highest BCUT2D eigenvalue weighted by molar-refractivity contribution is 4.85. The minimum atomic E-state index is -1.06. The normalized spacial score (nSPS) is 11.4. The molecule has 0 rings (SSSR count). The van der Waals surface area contributed by atoms with Crippen LogP contribution in [0.5, 0.6) is 0 Å². The Kier molecular flexibility index (Phi) is 4.53. The van der Waals surface area contributed by atoms with Crippen LogP contribution in [0.4, 0.5) is 0 Å². The molecule has 0 aromatic heterocycles. The van der Waals surface area contributed by atoms with Gasteiger partial charge in [-0.1, -0.05) is 5.92 Å². The molecule has 1 atom stereocenters. The van der Waals surface area contributed by atoms with E-state index >= 15 is 0 Å². The van der Waals surface area contributed by atoms with Crippen molar-refractivity contribution in [3.63, 3.8) is 0 Å². The van der Waals surface area contributed by atoms with Crippen molar-refractivity contribution in [2.45, 2.75) is 6.10 Å². The lowest BCUT2D eigenvalue weighted by molar-refractivity contribution is 0.0811. The molecule has 3 nitrogen and oxygen atoms in total. The van der Waals surface area contributed by atoms with Crippen molar-refractivity contribution in [1.29, 1.82) is 5.26 Å². The molecule has 0 saturated heterocycles. The van der Waals surface area contributed by atoms with E-state index in [1.807, 2.05) is 0 Å². The molecule has 0 aliphatic carbocycles. The topological polar surface area (TPSA) is 53.2 Å². The number of nitriles is 1. The van der Waals surface area contributed by atoms with Crippen molar-refractivity contribution < 1.29 is 9.84 Å². The lowest BCUT2D eigenvalue weighted by atomic mass is 10.4. The molecular formula is C6H7NO2. The molecule has 1 N–H and O–H groups in total. The van der Waals surface area contributed by atoms with E-state index in [0.29, 0.717) is 0 Å². The van der Waals surface area contributed by atoms with Gasteiger partial charge in [0, 0.05) is 0 Å². The summed E-state index contributed by atoms with van der Waals surface area (Å²) >= 11 is 0. The molecule has 0 saturated carbocycles. The first-order valence-corrected chi connectivity index (χ1v) is 2.40.